The van der Waals surface area contributed by atoms with Crippen LogP contribution < -0.4 is 0 Å². The van der Waals surface area contributed by atoms with Crippen molar-refractivity contribution in [2.45, 2.75) is 11.9 Å². The minimum absolute atomic E-state index is 0.0869. The molecule has 1 N–H and O–H groups in total. The first kappa shape index (κ1) is 18.4. The molecule has 8 nitrogen and oxygen atoms in total. The molecular weight excluding hydrogens is 354 g/mol. The van der Waals surface area contributed by atoms with E-state index in [0.717, 1.165) is 0 Å². The van der Waals surface area contributed by atoms with E-state index in [1.165, 1.54) is 36.4 Å². The molecule has 0 amide bonds. The Hall–Kier alpha value is -3.36. The molecule has 3 rings (SSSR count). The molecule has 1 aliphatic rings. The Balaban J connectivity index is 1.79. The standard InChI is InChI=1S/C19H15NO7/c21-12-19(14-4-2-1-3-5-14)16(22)10-11-17(27-19)26-18(23)13-6-8-15(9-7-13)20(24)25/h1-11,17,21H,12H2. The molecule has 0 saturated heterocycles. The number of rotatable bonds is 5. The predicted molar refractivity (Wildman–Crippen MR) is 92.7 cm³/mol. The summed E-state index contributed by atoms with van der Waals surface area (Å²) < 4.78 is 10.9. The van der Waals surface area contributed by atoms with Gasteiger partial charge in [0.2, 0.25) is 6.29 Å². The second-order valence-corrected chi connectivity index (χ2v) is 5.77. The van der Waals surface area contributed by atoms with E-state index >= 15 is 0 Å². The van der Waals surface area contributed by atoms with Crippen molar-refractivity contribution in [1.82, 2.24) is 0 Å². The summed E-state index contributed by atoms with van der Waals surface area (Å²) in [5.41, 5.74) is -1.31. The number of aliphatic hydroxyl groups is 1. The number of nitro benzene ring substituents is 1. The number of hydrogen-bond donors (Lipinski definition) is 1. The second kappa shape index (κ2) is 7.48. The molecule has 8 heteroatoms. The largest absolute Gasteiger partial charge is 0.428 e. The highest BCUT2D eigenvalue weighted by Gasteiger charge is 2.44. The predicted octanol–water partition coefficient (Wildman–Crippen LogP) is 2.12. The number of esters is 1. The molecule has 0 saturated carbocycles. The zero-order chi connectivity index (χ0) is 19.4. The average Bonchev–Trinajstić information content (AvgIpc) is 2.70. The van der Waals surface area contributed by atoms with E-state index < -0.39 is 35.2 Å². The van der Waals surface area contributed by atoms with E-state index in [0.29, 0.717) is 5.56 Å². The third-order valence-electron chi connectivity index (χ3n) is 4.12. The van der Waals surface area contributed by atoms with Crippen LogP contribution in [0.1, 0.15) is 15.9 Å². The van der Waals surface area contributed by atoms with E-state index in [1.54, 1.807) is 30.3 Å². The monoisotopic (exact) mass is 369 g/mol. The number of carbonyl (C=O) groups excluding carboxylic acids is 2. The molecule has 2 unspecified atom stereocenters. The number of hydrogen-bond acceptors (Lipinski definition) is 7. The zero-order valence-electron chi connectivity index (χ0n) is 14.0. The first-order chi connectivity index (χ1) is 13.0. The summed E-state index contributed by atoms with van der Waals surface area (Å²) in [6.45, 7) is -0.633. The molecule has 0 aromatic heterocycles. The Morgan fingerprint density at radius 3 is 2.44 bits per heavy atom. The fourth-order valence-electron chi connectivity index (χ4n) is 2.68. The summed E-state index contributed by atoms with van der Waals surface area (Å²) >= 11 is 0. The molecule has 0 aliphatic carbocycles. The van der Waals surface area contributed by atoms with Gasteiger partial charge in [-0.3, -0.25) is 14.9 Å². The zero-order valence-corrected chi connectivity index (χ0v) is 14.0. The Morgan fingerprint density at radius 2 is 1.85 bits per heavy atom. The van der Waals surface area contributed by atoms with Crippen LogP contribution in [-0.4, -0.2) is 34.7 Å². The Morgan fingerprint density at radius 1 is 1.19 bits per heavy atom. The van der Waals surface area contributed by atoms with Gasteiger partial charge in [-0.25, -0.2) is 4.79 Å². The smallest absolute Gasteiger partial charge is 0.340 e. The van der Waals surface area contributed by atoms with Crippen molar-refractivity contribution in [2.24, 2.45) is 0 Å². The number of non-ortho nitro benzene ring substituents is 1. The number of carbonyl (C=O) groups is 2. The van der Waals surface area contributed by atoms with Gasteiger partial charge in [-0.15, -0.1) is 0 Å². The van der Waals surface area contributed by atoms with E-state index in [4.69, 9.17) is 9.47 Å². The van der Waals surface area contributed by atoms with Gasteiger partial charge in [0.15, 0.2) is 11.4 Å². The van der Waals surface area contributed by atoms with Crippen molar-refractivity contribution in [3.8, 4) is 0 Å². The van der Waals surface area contributed by atoms with Crippen LogP contribution in [0.25, 0.3) is 0 Å². The highest BCUT2D eigenvalue weighted by Crippen LogP contribution is 2.32. The van der Waals surface area contributed by atoms with Gasteiger partial charge in [0.25, 0.3) is 5.69 Å². The maximum absolute atomic E-state index is 12.4. The van der Waals surface area contributed by atoms with Crippen molar-refractivity contribution < 1.29 is 29.1 Å². The van der Waals surface area contributed by atoms with Crippen molar-refractivity contribution >= 4 is 17.4 Å². The number of benzene rings is 2. The van der Waals surface area contributed by atoms with E-state index in [9.17, 15) is 24.8 Å². The fraction of sp³-hybridized carbons (Fsp3) is 0.158. The van der Waals surface area contributed by atoms with Crippen LogP contribution in [0.15, 0.2) is 66.7 Å². The molecule has 0 spiro atoms. The number of aliphatic hydroxyl groups excluding tert-OH is 1. The fourth-order valence-corrected chi connectivity index (χ4v) is 2.68. The third-order valence-corrected chi connectivity index (χ3v) is 4.12. The lowest BCUT2D eigenvalue weighted by Gasteiger charge is -2.35. The Kier molecular flexibility index (Phi) is 5.11. The molecule has 0 bridgehead atoms. The maximum atomic E-state index is 12.4. The summed E-state index contributed by atoms with van der Waals surface area (Å²) in [5, 5.41) is 20.5. The van der Waals surface area contributed by atoms with Gasteiger partial charge in [-0.2, -0.15) is 0 Å². The molecule has 2 atom stereocenters. The molecule has 0 radical (unpaired) electrons. The summed E-state index contributed by atoms with van der Waals surface area (Å²) in [6.07, 6.45) is 1.25. The lowest BCUT2D eigenvalue weighted by atomic mass is 9.88. The van der Waals surface area contributed by atoms with Gasteiger partial charge < -0.3 is 14.6 Å². The lowest BCUT2D eigenvalue weighted by molar-refractivity contribution is -0.384. The number of ether oxygens (including phenoxy) is 2. The van der Waals surface area contributed by atoms with Gasteiger partial charge in [0.1, 0.15) is 0 Å². The van der Waals surface area contributed by atoms with Gasteiger partial charge in [0, 0.05) is 12.1 Å². The second-order valence-electron chi connectivity index (χ2n) is 5.77. The SMILES string of the molecule is O=C(OC1C=CC(=O)C(CO)(c2ccccc2)O1)c1ccc([N+](=O)[O-])cc1. The summed E-state index contributed by atoms with van der Waals surface area (Å²) in [5.74, 6) is -1.26. The van der Waals surface area contributed by atoms with Crippen LogP contribution >= 0.6 is 0 Å². The number of ketones is 1. The quantitative estimate of drug-likeness (QED) is 0.487. The first-order valence-corrected chi connectivity index (χ1v) is 7.98. The van der Waals surface area contributed by atoms with Crippen LogP contribution in [0.3, 0.4) is 0 Å². The van der Waals surface area contributed by atoms with Crippen LogP contribution in [0.4, 0.5) is 5.69 Å². The van der Waals surface area contributed by atoms with Crippen molar-refractivity contribution in [2.75, 3.05) is 6.61 Å². The Bertz CT molecular complexity index is 892. The van der Waals surface area contributed by atoms with Crippen molar-refractivity contribution in [3.63, 3.8) is 0 Å². The highest BCUT2D eigenvalue weighted by molar-refractivity contribution is 5.99. The van der Waals surface area contributed by atoms with Crippen molar-refractivity contribution in [1.29, 1.82) is 0 Å². The molecule has 2 aromatic rings. The molecule has 1 aliphatic heterocycles. The maximum Gasteiger partial charge on any atom is 0.340 e. The topological polar surface area (TPSA) is 116 Å². The highest BCUT2D eigenvalue weighted by atomic mass is 16.7. The van der Waals surface area contributed by atoms with Gasteiger partial charge in [0.05, 0.1) is 17.1 Å². The van der Waals surface area contributed by atoms with Crippen molar-refractivity contribution in [3.05, 3.63) is 88.0 Å². The van der Waals surface area contributed by atoms with Crippen LogP contribution in [0.5, 0.6) is 0 Å². The van der Waals surface area contributed by atoms with Gasteiger partial charge >= 0.3 is 5.97 Å². The van der Waals surface area contributed by atoms with Crippen LogP contribution in [0.2, 0.25) is 0 Å². The molecule has 2 aromatic carbocycles. The minimum Gasteiger partial charge on any atom is -0.428 e. The molecular formula is C19H15NO7. The summed E-state index contributed by atoms with van der Waals surface area (Å²) in [6, 6.07) is 13.3. The summed E-state index contributed by atoms with van der Waals surface area (Å²) in [4.78, 5) is 34.7. The van der Waals surface area contributed by atoms with Gasteiger partial charge in [-0.05, 0) is 29.8 Å². The van der Waals surface area contributed by atoms with Gasteiger partial charge in [-0.1, -0.05) is 30.3 Å². The minimum atomic E-state index is -1.67. The van der Waals surface area contributed by atoms with E-state index in [2.05, 4.69) is 0 Å². The lowest BCUT2D eigenvalue weighted by Crippen LogP contribution is -2.47. The molecule has 1 heterocycles. The normalized spacial score (nSPS) is 21.7. The van der Waals surface area contributed by atoms with Crippen LogP contribution in [0, 0.1) is 10.1 Å². The molecule has 27 heavy (non-hydrogen) atoms. The average molecular weight is 369 g/mol. The Labute approximate surface area is 153 Å². The number of nitrogens with zero attached hydrogens (tertiary/aromatic N) is 1. The van der Waals surface area contributed by atoms with E-state index in [1.807, 2.05) is 0 Å². The van der Waals surface area contributed by atoms with Crippen LogP contribution in [-0.2, 0) is 19.9 Å². The molecule has 138 valence electrons. The first-order valence-electron chi connectivity index (χ1n) is 7.98. The molecule has 0 fully saturated rings. The third kappa shape index (κ3) is 3.62. The van der Waals surface area contributed by atoms with E-state index in [-0.39, 0.29) is 11.3 Å². The summed E-state index contributed by atoms with van der Waals surface area (Å²) in [7, 11) is 0. The number of nitro groups is 1.